The summed E-state index contributed by atoms with van der Waals surface area (Å²) in [6, 6.07) is 15.8. The van der Waals surface area contributed by atoms with Crippen LogP contribution in [0.15, 0.2) is 48.5 Å². The van der Waals surface area contributed by atoms with Crippen molar-refractivity contribution in [3.63, 3.8) is 0 Å². The molecule has 0 saturated heterocycles. The van der Waals surface area contributed by atoms with Gasteiger partial charge < -0.3 is 10.8 Å². The van der Waals surface area contributed by atoms with Gasteiger partial charge in [0.2, 0.25) is 0 Å². The molecule has 0 heterocycles. The molecule has 0 bridgehead atoms. The zero-order chi connectivity index (χ0) is 13.9. The molecule has 1 atom stereocenters. The van der Waals surface area contributed by atoms with Crippen LogP contribution in [0.5, 0.6) is 0 Å². The highest BCUT2D eigenvalue weighted by Gasteiger charge is 2.24. The number of aliphatic hydroxyl groups is 1. The number of hydrogen-bond acceptors (Lipinski definition) is 2. The Morgan fingerprint density at radius 2 is 1.79 bits per heavy atom. The lowest BCUT2D eigenvalue weighted by atomic mass is 9.91. The standard InChI is InChI=1S/C16H18ClNO/c1-16(19,9-10-18)14-8-7-13(11-15(14)17)12-5-3-2-4-6-12/h2-8,11,19H,9-10,18H2,1H3. The molecule has 3 heteroatoms. The molecule has 1 unspecified atom stereocenters. The lowest BCUT2D eigenvalue weighted by Gasteiger charge is -2.24. The second-order valence-corrected chi connectivity index (χ2v) is 5.28. The van der Waals surface area contributed by atoms with Crippen molar-refractivity contribution in [3.05, 3.63) is 59.1 Å². The highest BCUT2D eigenvalue weighted by atomic mass is 35.5. The monoisotopic (exact) mass is 275 g/mol. The van der Waals surface area contributed by atoms with Gasteiger partial charge in [0.25, 0.3) is 0 Å². The second-order valence-electron chi connectivity index (χ2n) is 4.87. The maximum absolute atomic E-state index is 10.4. The third-order valence-corrected chi connectivity index (χ3v) is 3.60. The average molecular weight is 276 g/mol. The minimum atomic E-state index is -0.985. The molecular weight excluding hydrogens is 258 g/mol. The normalized spacial score (nSPS) is 14.1. The Bertz CT molecular complexity index is 552. The zero-order valence-corrected chi connectivity index (χ0v) is 11.7. The van der Waals surface area contributed by atoms with E-state index in [-0.39, 0.29) is 0 Å². The predicted molar refractivity (Wildman–Crippen MR) is 80.1 cm³/mol. The van der Waals surface area contributed by atoms with E-state index >= 15 is 0 Å². The second kappa shape index (κ2) is 5.74. The van der Waals surface area contributed by atoms with Crippen molar-refractivity contribution < 1.29 is 5.11 Å². The predicted octanol–water partition coefficient (Wildman–Crippen LogP) is 3.56. The van der Waals surface area contributed by atoms with Crippen LogP contribution in [0.3, 0.4) is 0 Å². The molecule has 0 amide bonds. The topological polar surface area (TPSA) is 46.2 Å². The van der Waals surface area contributed by atoms with Crippen LogP contribution < -0.4 is 5.73 Å². The van der Waals surface area contributed by atoms with Gasteiger partial charge in [0, 0.05) is 10.6 Å². The molecule has 0 aromatic heterocycles. The summed E-state index contributed by atoms with van der Waals surface area (Å²) in [6.45, 7) is 2.16. The average Bonchev–Trinajstić information content (AvgIpc) is 2.39. The van der Waals surface area contributed by atoms with E-state index in [9.17, 15) is 5.11 Å². The van der Waals surface area contributed by atoms with Gasteiger partial charge in [0.1, 0.15) is 0 Å². The number of hydrogen-bond donors (Lipinski definition) is 2. The minimum absolute atomic E-state index is 0.420. The molecule has 3 N–H and O–H groups in total. The molecule has 2 nitrogen and oxygen atoms in total. The molecule has 0 aliphatic heterocycles. The third kappa shape index (κ3) is 3.16. The van der Waals surface area contributed by atoms with Crippen molar-refractivity contribution in [1.29, 1.82) is 0 Å². The summed E-state index contributed by atoms with van der Waals surface area (Å²) in [4.78, 5) is 0. The van der Waals surface area contributed by atoms with Gasteiger partial charge in [-0.1, -0.05) is 54.1 Å². The summed E-state index contributed by atoms with van der Waals surface area (Å²) < 4.78 is 0. The maximum atomic E-state index is 10.4. The Hall–Kier alpha value is -1.35. The number of rotatable bonds is 4. The number of nitrogens with two attached hydrogens (primary N) is 1. The first-order valence-electron chi connectivity index (χ1n) is 6.32. The number of benzene rings is 2. The Balaban J connectivity index is 2.38. The van der Waals surface area contributed by atoms with Crippen LogP contribution in [0, 0.1) is 0 Å². The van der Waals surface area contributed by atoms with Crippen molar-refractivity contribution in [2.24, 2.45) is 5.73 Å². The fraction of sp³-hybridized carbons (Fsp3) is 0.250. The molecule has 0 radical (unpaired) electrons. The van der Waals surface area contributed by atoms with Crippen LogP contribution in [-0.4, -0.2) is 11.7 Å². The van der Waals surface area contributed by atoms with Crippen molar-refractivity contribution in [1.82, 2.24) is 0 Å². The fourth-order valence-corrected chi connectivity index (χ4v) is 2.56. The van der Waals surface area contributed by atoms with Gasteiger partial charge in [-0.3, -0.25) is 0 Å². The Morgan fingerprint density at radius 1 is 1.11 bits per heavy atom. The minimum Gasteiger partial charge on any atom is -0.385 e. The van der Waals surface area contributed by atoms with Gasteiger partial charge in [-0.15, -0.1) is 0 Å². The first-order chi connectivity index (χ1) is 9.04. The van der Waals surface area contributed by atoms with Crippen LogP contribution in [0.1, 0.15) is 18.9 Å². The Kier molecular flexibility index (Phi) is 4.25. The van der Waals surface area contributed by atoms with Crippen LogP contribution in [-0.2, 0) is 5.60 Å². The summed E-state index contributed by atoms with van der Waals surface area (Å²) in [6.07, 6.45) is 0.484. The summed E-state index contributed by atoms with van der Waals surface area (Å²) in [5.74, 6) is 0. The van der Waals surface area contributed by atoms with E-state index < -0.39 is 5.60 Å². The van der Waals surface area contributed by atoms with E-state index in [0.29, 0.717) is 18.0 Å². The lowest BCUT2D eigenvalue weighted by Crippen LogP contribution is -2.25. The molecule has 2 aromatic carbocycles. The van der Waals surface area contributed by atoms with Crippen molar-refractivity contribution in [2.75, 3.05) is 6.54 Å². The Morgan fingerprint density at radius 3 is 2.37 bits per heavy atom. The maximum Gasteiger partial charge on any atom is 0.0894 e. The quantitative estimate of drug-likeness (QED) is 0.896. The van der Waals surface area contributed by atoms with E-state index in [0.717, 1.165) is 16.7 Å². The van der Waals surface area contributed by atoms with Crippen LogP contribution in [0.2, 0.25) is 5.02 Å². The smallest absolute Gasteiger partial charge is 0.0894 e. The summed E-state index contributed by atoms with van der Waals surface area (Å²) >= 11 is 6.30. The van der Waals surface area contributed by atoms with Gasteiger partial charge >= 0.3 is 0 Å². The SMILES string of the molecule is CC(O)(CCN)c1ccc(-c2ccccc2)cc1Cl. The van der Waals surface area contributed by atoms with Crippen molar-refractivity contribution in [2.45, 2.75) is 18.9 Å². The van der Waals surface area contributed by atoms with E-state index in [2.05, 4.69) is 0 Å². The van der Waals surface area contributed by atoms with E-state index in [1.807, 2.05) is 48.5 Å². The molecular formula is C16H18ClNO. The van der Waals surface area contributed by atoms with Gasteiger partial charge in [-0.25, -0.2) is 0 Å². The molecule has 0 aliphatic rings. The molecule has 19 heavy (non-hydrogen) atoms. The third-order valence-electron chi connectivity index (χ3n) is 3.29. The van der Waals surface area contributed by atoms with Crippen LogP contribution in [0.25, 0.3) is 11.1 Å². The summed E-state index contributed by atoms with van der Waals surface area (Å²) in [5.41, 5.74) is 7.40. The molecule has 0 saturated carbocycles. The van der Waals surface area contributed by atoms with Crippen molar-refractivity contribution in [3.8, 4) is 11.1 Å². The highest BCUT2D eigenvalue weighted by molar-refractivity contribution is 6.31. The van der Waals surface area contributed by atoms with Gasteiger partial charge in [-0.05, 0) is 37.1 Å². The van der Waals surface area contributed by atoms with Crippen LogP contribution in [0.4, 0.5) is 0 Å². The zero-order valence-electron chi connectivity index (χ0n) is 10.9. The molecule has 0 spiro atoms. The van der Waals surface area contributed by atoms with Crippen molar-refractivity contribution >= 4 is 11.6 Å². The highest BCUT2D eigenvalue weighted by Crippen LogP contribution is 2.33. The van der Waals surface area contributed by atoms with Gasteiger partial charge in [0.15, 0.2) is 0 Å². The van der Waals surface area contributed by atoms with Gasteiger partial charge in [0.05, 0.1) is 5.60 Å². The van der Waals surface area contributed by atoms with Gasteiger partial charge in [-0.2, -0.15) is 0 Å². The molecule has 2 rings (SSSR count). The van der Waals surface area contributed by atoms with E-state index in [1.165, 1.54) is 0 Å². The summed E-state index contributed by atoms with van der Waals surface area (Å²) in [7, 11) is 0. The first-order valence-corrected chi connectivity index (χ1v) is 6.70. The summed E-state index contributed by atoms with van der Waals surface area (Å²) in [5, 5.41) is 10.9. The molecule has 0 fully saturated rings. The van der Waals surface area contributed by atoms with E-state index in [4.69, 9.17) is 17.3 Å². The lowest BCUT2D eigenvalue weighted by molar-refractivity contribution is 0.0505. The largest absolute Gasteiger partial charge is 0.385 e. The first kappa shape index (κ1) is 14.1. The number of halogens is 1. The Labute approximate surface area is 118 Å². The molecule has 0 aliphatic carbocycles. The van der Waals surface area contributed by atoms with E-state index in [1.54, 1.807) is 6.92 Å². The fourth-order valence-electron chi connectivity index (χ4n) is 2.18. The van der Waals surface area contributed by atoms with Crippen LogP contribution >= 0.6 is 11.6 Å². The molecule has 2 aromatic rings. The molecule has 100 valence electrons.